The lowest BCUT2D eigenvalue weighted by Gasteiger charge is -2.11. The first-order chi connectivity index (χ1) is 9.44. The van der Waals surface area contributed by atoms with Crippen LogP contribution >= 0.6 is 11.8 Å². The number of rotatable bonds is 8. The summed E-state index contributed by atoms with van der Waals surface area (Å²) in [5, 5.41) is 6.63. The van der Waals surface area contributed by atoms with Crippen molar-refractivity contribution in [3.63, 3.8) is 0 Å². The van der Waals surface area contributed by atoms with Crippen molar-refractivity contribution < 1.29 is 13.2 Å². The third-order valence-electron chi connectivity index (χ3n) is 2.39. The maximum atomic E-state index is 12.0. The number of halogens is 3. The number of hydrogen-bond acceptors (Lipinski definition) is 5. The van der Waals surface area contributed by atoms with Gasteiger partial charge in [0.1, 0.15) is 11.6 Å². The molecule has 1 aromatic heterocycles. The molecule has 20 heavy (non-hydrogen) atoms. The number of anilines is 2. The molecule has 0 saturated heterocycles. The summed E-state index contributed by atoms with van der Waals surface area (Å²) in [5.74, 6) is 1.23. The first-order valence-electron chi connectivity index (χ1n) is 6.42. The molecule has 0 bridgehead atoms. The molecule has 0 aliphatic rings. The standard InChI is InChI=1S/C12H19F3N4S/c1-3-6-16-9-8-10(19-11(18-9)20-2)17-7-4-5-12(13,14)15/h8H,3-7H2,1-2H3,(H2,16,17,18,19). The second-order valence-electron chi connectivity index (χ2n) is 4.20. The number of nitrogens with zero attached hydrogens (tertiary/aromatic N) is 2. The molecular weight excluding hydrogens is 289 g/mol. The Kier molecular flexibility index (Phi) is 6.90. The van der Waals surface area contributed by atoms with Crippen LogP contribution in [0.5, 0.6) is 0 Å². The monoisotopic (exact) mass is 308 g/mol. The third kappa shape index (κ3) is 6.83. The summed E-state index contributed by atoms with van der Waals surface area (Å²) in [4.78, 5) is 8.49. The predicted octanol–water partition coefficient (Wildman–Crippen LogP) is 3.77. The zero-order valence-electron chi connectivity index (χ0n) is 11.5. The lowest BCUT2D eigenvalue weighted by atomic mass is 10.3. The minimum Gasteiger partial charge on any atom is -0.370 e. The van der Waals surface area contributed by atoms with E-state index in [0.29, 0.717) is 16.8 Å². The molecule has 0 aliphatic heterocycles. The average molecular weight is 308 g/mol. The molecule has 0 aromatic carbocycles. The van der Waals surface area contributed by atoms with E-state index in [1.165, 1.54) is 11.8 Å². The second-order valence-corrected chi connectivity index (χ2v) is 4.97. The minimum atomic E-state index is -4.11. The van der Waals surface area contributed by atoms with Crippen LogP contribution in [0.1, 0.15) is 26.2 Å². The van der Waals surface area contributed by atoms with Gasteiger partial charge < -0.3 is 10.6 Å². The van der Waals surface area contributed by atoms with Crippen molar-refractivity contribution in [2.24, 2.45) is 0 Å². The van der Waals surface area contributed by atoms with Crippen LogP contribution in [-0.2, 0) is 0 Å². The first-order valence-corrected chi connectivity index (χ1v) is 7.64. The van der Waals surface area contributed by atoms with Crippen molar-refractivity contribution in [2.75, 3.05) is 30.0 Å². The van der Waals surface area contributed by atoms with E-state index < -0.39 is 12.6 Å². The molecule has 1 heterocycles. The van der Waals surface area contributed by atoms with Crippen LogP contribution in [0.25, 0.3) is 0 Å². The smallest absolute Gasteiger partial charge is 0.370 e. The van der Waals surface area contributed by atoms with Gasteiger partial charge in [0.25, 0.3) is 0 Å². The summed E-state index contributed by atoms with van der Waals surface area (Å²) in [6.07, 6.45) is -2.05. The minimum absolute atomic E-state index is 0.0276. The molecule has 2 N–H and O–H groups in total. The molecule has 0 fully saturated rings. The van der Waals surface area contributed by atoms with Crippen LogP contribution in [0.15, 0.2) is 11.2 Å². The van der Waals surface area contributed by atoms with Crippen molar-refractivity contribution in [3.8, 4) is 0 Å². The highest BCUT2D eigenvalue weighted by Crippen LogP contribution is 2.22. The van der Waals surface area contributed by atoms with Crippen molar-refractivity contribution in [2.45, 2.75) is 37.5 Å². The predicted molar refractivity (Wildman–Crippen MR) is 76.4 cm³/mol. The molecule has 0 atom stereocenters. The Labute approximate surface area is 121 Å². The molecule has 0 aliphatic carbocycles. The zero-order chi connectivity index (χ0) is 15.0. The van der Waals surface area contributed by atoms with Gasteiger partial charge in [0.15, 0.2) is 5.16 Å². The SMILES string of the molecule is CCCNc1cc(NCCCC(F)(F)F)nc(SC)n1. The number of nitrogens with one attached hydrogen (secondary N) is 2. The van der Waals surface area contributed by atoms with Crippen LogP contribution < -0.4 is 10.6 Å². The largest absolute Gasteiger partial charge is 0.389 e. The summed E-state index contributed by atoms with van der Waals surface area (Å²) in [5.41, 5.74) is 0. The number of aromatic nitrogens is 2. The second kappa shape index (κ2) is 8.18. The molecule has 1 rings (SSSR count). The number of alkyl halides is 3. The van der Waals surface area contributed by atoms with Crippen molar-refractivity contribution in [3.05, 3.63) is 6.07 Å². The highest BCUT2D eigenvalue weighted by Gasteiger charge is 2.25. The van der Waals surface area contributed by atoms with E-state index in [1.807, 2.05) is 13.2 Å². The lowest BCUT2D eigenvalue weighted by molar-refractivity contribution is -0.134. The molecule has 114 valence electrons. The Morgan fingerprint density at radius 3 is 2.25 bits per heavy atom. The van der Waals surface area contributed by atoms with Gasteiger partial charge in [0, 0.05) is 25.6 Å². The quantitative estimate of drug-likeness (QED) is 0.435. The summed E-state index contributed by atoms with van der Waals surface area (Å²) < 4.78 is 36.1. The van der Waals surface area contributed by atoms with Crippen LogP contribution in [0, 0.1) is 0 Å². The molecular formula is C12H19F3N4S. The fraction of sp³-hybridized carbons (Fsp3) is 0.667. The van der Waals surface area contributed by atoms with Crippen LogP contribution in [0.3, 0.4) is 0 Å². The molecule has 4 nitrogen and oxygen atoms in total. The Bertz CT molecular complexity index is 412. The van der Waals surface area contributed by atoms with E-state index in [1.54, 1.807) is 6.07 Å². The van der Waals surface area contributed by atoms with Gasteiger partial charge in [-0.05, 0) is 19.1 Å². The maximum Gasteiger partial charge on any atom is 0.389 e. The highest BCUT2D eigenvalue weighted by molar-refractivity contribution is 7.98. The molecule has 8 heteroatoms. The van der Waals surface area contributed by atoms with Gasteiger partial charge in [-0.2, -0.15) is 13.2 Å². The van der Waals surface area contributed by atoms with Crippen LogP contribution in [-0.4, -0.2) is 35.5 Å². The maximum absolute atomic E-state index is 12.0. The molecule has 0 spiro atoms. The van der Waals surface area contributed by atoms with Gasteiger partial charge in [-0.25, -0.2) is 9.97 Å². The van der Waals surface area contributed by atoms with E-state index >= 15 is 0 Å². The fourth-order valence-electron chi connectivity index (χ4n) is 1.46. The summed E-state index contributed by atoms with van der Waals surface area (Å²) >= 11 is 1.39. The summed E-state index contributed by atoms with van der Waals surface area (Å²) in [6.45, 7) is 3.07. The Balaban J connectivity index is 2.55. The van der Waals surface area contributed by atoms with E-state index in [9.17, 15) is 13.2 Å². The van der Waals surface area contributed by atoms with Gasteiger partial charge >= 0.3 is 6.18 Å². The van der Waals surface area contributed by atoms with Gasteiger partial charge in [-0.15, -0.1) is 0 Å². The van der Waals surface area contributed by atoms with E-state index in [2.05, 4.69) is 20.6 Å². The van der Waals surface area contributed by atoms with Crippen molar-refractivity contribution in [1.29, 1.82) is 0 Å². The van der Waals surface area contributed by atoms with Crippen molar-refractivity contribution >= 4 is 23.4 Å². The van der Waals surface area contributed by atoms with Crippen molar-refractivity contribution in [1.82, 2.24) is 9.97 Å². The average Bonchev–Trinajstić information content (AvgIpc) is 2.40. The lowest BCUT2D eigenvalue weighted by Crippen LogP contribution is -2.12. The molecule has 1 aromatic rings. The van der Waals surface area contributed by atoms with Crippen LogP contribution in [0.2, 0.25) is 0 Å². The highest BCUT2D eigenvalue weighted by atomic mass is 32.2. The Hall–Kier alpha value is -1.18. The third-order valence-corrected chi connectivity index (χ3v) is 2.94. The topological polar surface area (TPSA) is 49.8 Å². The van der Waals surface area contributed by atoms with E-state index in [4.69, 9.17) is 0 Å². The molecule has 0 radical (unpaired) electrons. The summed E-state index contributed by atoms with van der Waals surface area (Å²) in [6, 6.07) is 1.71. The Morgan fingerprint density at radius 2 is 1.75 bits per heavy atom. The molecule has 0 saturated carbocycles. The fourth-order valence-corrected chi connectivity index (χ4v) is 1.84. The number of hydrogen-bond donors (Lipinski definition) is 2. The van der Waals surface area contributed by atoms with Crippen LogP contribution in [0.4, 0.5) is 24.8 Å². The van der Waals surface area contributed by atoms with E-state index in [-0.39, 0.29) is 13.0 Å². The van der Waals surface area contributed by atoms with Gasteiger partial charge in [0.2, 0.25) is 0 Å². The first kappa shape index (κ1) is 16.9. The normalized spacial score (nSPS) is 11.4. The van der Waals surface area contributed by atoms with Gasteiger partial charge in [-0.1, -0.05) is 18.7 Å². The van der Waals surface area contributed by atoms with Gasteiger partial charge in [-0.3, -0.25) is 0 Å². The summed E-state index contributed by atoms with van der Waals surface area (Å²) in [7, 11) is 0. The van der Waals surface area contributed by atoms with E-state index in [0.717, 1.165) is 13.0 Å². The van der Waals surface area contributed by atoms with Gasteiger partial charge in [0.05, 0.1) is 0 Å². The molecule has 0 amide bonds. The number of thioether (sulfide) groups is 1. The Morgan fingerprint density at radius 1 is 1.15 bits per heavy atom. The molecule has 0 unspecified atom stereocenters. The zero-order valence-corrected chi connectivity index (χ0v) is 12.4.